The Morgan fingerprint density at radius 3 is 1.75 bits per heavy atom. The Morgan fingerprint density at radius 1 is 0.708 bits per heavy atom. The minimum absolute atomic E-state index is 0.0679. The molecule has 4 aromatic carbocycles. The SMILES string of the molecule is COc1ccc(CN(Cc2ccc(OC)cc2)Cc2cccc(B3OCC(C)(C)CO3)c2-c2nnn(Cc3ccc(OC)cc3)n2)cc1. The molecule has 1 aliphatic rings. The van der Waals surface area contributed by atoms with Crippen molar-refractivity contribution < 1.29 is 23.5 Å². The van der Waals surface area contributed by atoms with Crippen LogP contribution in [0.2, 0.25) is 0 Å². The lowest BCUT2D eigenvalue weighted by atomic mass is 9.72. The van der Waals surface area contributed by atoms with Gasteiger partial charge in [0.15, 0.2) is 0 Å². The summed E-state index contributed by atoms with van der Waals surface area (Å²) in [7, 11) is 4.48. The standard InChI is InChI=1S/C37H42BN5O5/c1-37(2)25-47-38(48-26-37)34-8-6-7-30(35(34)36-39-41-43(40-36)23-29-13-19-33(46-5)20-14-29)24-42(21-27-9-15-31(44-3)16-10-27)22-28-11-17-32(45-4)18-12-28/h6-20H,21-26H2,1-5H3. The summed E-state index contributed by atoms with van der Waals surface area (Å²) in [4.78, 5) is 4.02. The molecule has 0 atom stereocenters. The summed E-state index contributed by atoms with van der Waals surface area (Å²) in [6, 6.07) is 30.5. The van der Waals surface area contributed by atoms with Crippen molar-refractivity contribution in [2.75, 3.05) is 34.5 Å². The van der Waals surface area contributed by atoms with Crippen molar-refractivity contribution in [2.24, 2.45) is 5.41 Å². The molecule has 1 saturated heterocycles. The number of hydrogen-bond donors (Lipinski definition) is 0. The van der Waals surface area contributed by atoms with E-state index in [2.05, 4.69) is 65.5 Å². The Morgan fingerprint density at radius 2 is 1.23 bits per heavy atom. The molecule has 0 N–H and O–H groups in total. The Hall–Kier alpha value is -4.71. The minimum Gasteiger partial charge on any atom is -0.497 e. The van der Waals surface area contributed by atoms with Crippen molar-refractivity contribution in [3.63, 3.8) is 0 Å². The number of methoxy groups -OCH3 is 3. The van der Waals surface area contributed by atoms with Crippen LogP contribution in [0.4, 0.5) is 0 Å². The molecule has 6 rings (SSSR count). The largest absolute Gasteiger partial charge is 0.497 e. The van der Waals surface area contributed by atoms with Crippen molar-refractivity contribution in [1.82, 2.24) is 25.1 Å². The van der Waals surface area contributed by atoms with Crippen LogP contribution in [0.15, 0.2) is 91.0 Å². The predicted molar refractivity (Wildman–Crippen MR) is 185 cm³/mol. The quantitative estimate of drug-likeness (QED) is 0.156. The number of aromatic nitrogens is 4. The van der Waals surface area contributed by atoms with Crippen LogP contribution in [-0.2, 0) is 35.5 Å². The van der Waals surface area contributed by atoms with Crippen molar-refractivity contribution >= 4 is 12.6 Å². The molecule has 10 nitrogen and oxygen atoms in total. The lowest BCUT2D eigenvalue weighted by Gasteiger charge is -2.34. The number of tetrazole rings is 1. The van der Waals surface area contributed by atoms with E-state index in [4.69, 9.17) is 28.6 Å². The Labute approximate surface area is 282 Å². The van der Waals surface area contributed by atoms with Crippen LogP contribution < -0.4 is 19.7 Å². The lowest BCUT2D eigenvalue weighted by molar-refractivity contribution is 0.0343. The van der Waals surface area contributed by atoms with Gasteiger partial charge >= 0.3 is 7.12 Å². The molecule has 0 bridgehead atoms. The zero-order valence-corrected chi connectivity index (χ0v) is 28.3. The molecule has 1 aromatic heterocycles. The zero-order chi connectivity index (χ0) is 33.5. The third-order valence-corrected chi connectivity index (χ3v) is 8.37. The molecule has 0 aliphatic carbocycles. The molecule has 0 saturated carbocycles. The summed E-state index contributed by atoms with van der Waals surface area (Å²) in [5, 5.41) is 13.9. The smallest absolute Gasteiger partial charge is 0.494 e. The summed E-state index contributed by atoms with van der Waals surface area (Å²) >= 11 is 0. The topological polar surface area (TPSA) is 93.0 Å². The number of rotatable bonds is 13. The molecular formula is C37H42BN5O5. The third-order valence-electron chi connectivity index (χ3n) is 8.37. The van der Waals surface area contributed by atoms with Gasteiger partial charge in [0, 0.05) is 43.8 Å². The maximum Gasteiger partial charge on any atom is 0.494 e. The van der Waals surface area contributed by atoms with Gasteiger partial charge in [0.1, 0.15) is 17.2 Å². The fourth-order valence-electron chi connectivity index (χ4n) is 5.78. The van der Waals surface area contributed by atoms with Crippen molar-refractivity contribution in [1.29, 1.82) is 0 Å². The van der Waals surface area contributed by atoms with Gasteiger partial charge in [-0.05, 0) is 69.3 Å². The second-order valence-electron chi connectivity index (χ2n) is 12.8. The summed E-state index contributed by atoms with van der Waals surface area (Å²) < 4.78 is 28.7. The van der Waals surface area contributed by atoms with Crippen LogP contribution in [-0.4, -0.2) is 66.8 Å². The fraction of sp³-hybridized carbons (Fsp3) is 0.324. The van der Waals surface area contributed by atoms with E-state index < -0.39 is 7.12 Å². The van der Waals surface area contributed by atoms with E-state index in [-0.39, 0.29) is 5.41 Å². The second-order valence-corrected chi connectivity index (χ2v) is 12.8. The number of ether oxygens (including phenoxy) is 3. The van der Waals surface area contributed by atoms with E-state index in [9.17, 15) is 0 Å². The van der Waals surface area contributed by atoms with Gasteiger partial charge in [-0.25, -0.2) is 0 Å². The van der Waals surface area contributed by atoms with Crippen LogP contribution >= 0.6 is 0 Å². The molecule has 1 aliphatic heterocycles. The highest BCUT2D eigenvalue weighted by Crippen LogP contribution is 2.27. The fourth-order valence-corrected chi connectivity index (χ4v) is 5.78. The van der Waals surface area contributed by atoms with Gasteiger partial charge in [0.2, 0.25) is 5.82 Å². The van der Waals surface area contributed by atoms with Gasteiger partial charge in [-0.1, -0.05) is 68.4 Å². The highest BCUT2D eigenvalue weighted by atomic mass is 16.6. The minimum atomic E-state index is -0.543. The average Bonchev–Trinajstić information content (AvgIpc) is 3.57. The van der Waals surface area contributed by atoms with Crippen LogP contribution in [0.3, 0.4) is 0 Å². The van der Waals surface area contributed by atoms with Crippen LogP contribution in [0.5, 0.6) is 17.2 Å². The third kappa shape index (κ3) is 8.22. The summed E-state index contributed by atoms with van der Waals surface area (Å²) in [6.07, 6.45) is 0. The molecule has 11 heteroatoms. The zero-order valence-electron chi connectivity index (χ0n) is 28.3. The molecule has 2 heterocycles. The van der Waals surface area contributed by atoms with E-state index in [1.165, 1.54) is 11.1 Å². The first-order valence-corrected chi connectivity index (χ1v) is 16.1. The lowest BCUT2D eigenvalue weighted by Crippen LogP contribution is -2.48. The van der Waals surface area contributed by atoms with Crippen molar-refractivity contribution in [2.45, 2.75) is 40.0 Å². The highest BCUT2D eigenvalue weighted by molar-refractivity contribution is 6.63. The first-order chi connectivity index (χ1) is 23.3. The molecule has 0 spiro atoms. The number of nitrogens with zero attached hydrogens (tertiary/aromatic N) is 5. The van der Waals surface area contributed by atoms with Gasteiger partial charge < -0.3 is 23.5 Å². The summed E-state index contributed by atoms with van der Waals surface area (Å²) in [5.74, 6) is 2.99. The molecule has 0 amide bonds. The van der Waals surface area contributed by atoms with Gasteiger partial charge in [-0.3, -0.25) is 4.90 Å². The van der Waals surface area contributed by atoms with Gasteiger partial charge in [-0.2, -0.15) is 4.80 Å². The highest BCUT2D eigenvalue weighted by Gasteiger charge is 2.36. The molecule has 5 aromatic rings. The van der Waals surface area contributed by atoms with E-state index >= 15 is 0 Å². The van der Waals surface area contributed by atoms with E-state index in [0.29, 0.717) is 45.2 Å². The predicted octanol–water partition coefficient (Wildman–Crippen LogP) is 5.38. The van der Waals surface area contributed by atoms with Gasteiger partial charge in [0.05, 0.1) is 27.9 Å². The van der Waals surface area contributed by atoms with Gasteiger partial charge in [-0.15, -0.1) is 10.2 Å². The first-order valence-electron chi connectivity index (χ1n) is 16.1. The summed E-state index contributed by atoms with van der Waals surface area (Å²) in [5.41, 5.74) is 6.13. The van der Waals surface area contributed by atoms with E-state index in [0.717, 1.165) is 39.4 Å². The van der Waals surface area contributed by atoms with Crippen LogP contribution in [0.1, 0.15) is 36.1 Å². The second kappa shape index (κ2) is 15.0. The Kier molecular flexibility index (Phi) is 10.4. The van der Waals surface area contributed by atoms with Gasteiger partial charge in [0.25, 0.3) is 0 Å². The maximum atomic E-state index is 6.31. The number of benzene rings is 4. The molecule has 0 unspecified atom stereocenters. The van der Waals surface area contributed by atoms with Crippen molar-refractivity contribution in [3.8, 4) is 28.6 Å². The monoisotopic (exact) mass is 647 g/mol. The maximum absolute atomic E-state index is 6.31. The Balaban J connectivity index is 1.35. The van der Waals surface area contributed by atoms with E-state index in [1.807, 2.05) is 54.6 Å². The normalized spacial score (nSPS) is 14.2. The summed E-state index contributed by atoms with van der Waals surface area (Å²) in [6.45, 7) is 7.96. The average molecular weight is 648 g/mol. The molecule has 48 heavy (non-hydrogen) atoms. The van der Waals surface area contributed by atoms with Crippen LogP contribution in [0.25, 0.3) is 11.4 Å². The molecule has 1 fully saturated rings. The first kappa shape index (κ1) is 33.2. The van der Waals surface area contributed by atoms with E-state index in [1.54, 1.807) is 26.1 Å². The number of hydrogen-bond acceptors (Lipinski definition) is 9. The molecule has 248 valence electrons. The molecule has 0 radical (unpaired) electrons. The van der Waals surface area contributed by atoms with Crippen molar-refractivity contribution in [3.05, 3.63) is 113 Å². The van der Waals surface area contributed by atoms with Crippen LogP contribution in [0, 0.1) is 5.41 Å². The Bertz CT molecular complexity index is 1720. The molecular weight excluding hydrogens is 605 g/mol.